The van der Waals surface area contributed by atoms with Crippen LogP contribution in [0, 0.1) is 5.92 Å². The van der Waals surface area contributed by atoms with Crippen molar-refractivity contribution in [3.8, 4) is 11.5 Å². The highest BCUT2D eigenvalue weighted by Gasteiger charge is 2.22. The van der Waals surface area contributed by atoms with Crippen molar-refractivity contribution in [2.45, 2.75) is 32.8 Å². The molecule has 0 spiro atoms. The average molecular weight is 221 g/mol. The number of ether oxygens (including phenoxy) is 2. The van der Waals surface area contributed by atoms with Gasteiger partial charge in [-0.15, -0.1) is 0 Å². The number of benzene rings is 1. The van der Waals surface area contributed by atoms with Gasteiger partial charge in [0, 0.05) is 0 Å². The number of nitrogens with two attached hydrogens (primary N) is 1. The number of hydrogen-bond donors (Lipinski definition) is 1. The van der Waals surface area contributed by atoms with E-state index in [0.29, 0.717) is 11.4 Å². The topological polar surface area (TPSA) is 44.5 Å². The fourth-order valence-corrected chi connectivity index (χ4v) is 1.50. The van der Waals surface area contributed by atoms with Crippen molar-refractivity contribution in [1.82, 2.24) is 0 Å². The number of anilines is 1. The Bertz CT molecular complexity index is 359. The van der Waals surface area contributed by atoms with E-state index >= 15 is 0 Å². The van der Waals surface area contributed by atoms with Crippen molar-refractivity contribution >= 4 is 5.69 Å². The van der Waals surface area contributed by atoms with Gasteiger partial charge in [0.2, 0.25) is 0 Å². The minimum Gasteiger partial charge on any atom is -0.491 e. The van der Waals surface area contributed by atoms with Crippen LogP contribution < -0.4 is 15.2 Å². The van der Waals surface area contributed by atoms with Crippen LogP contribution in [0.1, 0.15) is 26.7 Å². The summed E-state index contributed by atoms with van der Waals surface area (Å²) in [5, 5.41) is 0. The molecule has 0 amide bonds. The van der Waals surface area contributed by atoms with E-state index in [1.807, 2.05) is 32.0 Å². The van der Waals surface area contributed by atoms with E-state index in [2.05, 4.69) is 0 Å². The normalized spacial score (nSPS) is 15.2. The number of hydrogen-bond acceptors (Lipinski definition) is 3. The fourth-order valence-electron chi connectivity index (χ4n) is 1.50. The number of para-hydroxylation sites is 1. The van der Waals surface area contributed by atoms with Crippen molar-refractivity contribution < 1.29 is 9.47 Å². The first kappa shape index (κ1) is 11.1. The molecule has 0 unspecified atom stereocenters. The number of nitrogen functional groups attached to an aromatic ring is 1. The second kappa shape index (κ2) is 4.64. The lowest BCUT2D eigenvalue weighted by molar-refractivity contribution is 0.241. The second-order valence-corrected chi connectivity index (χ2v) is 4.59. The van der Waals surface area contributed by atoms with Gasteiger partial charge in [-0.05, 0) is 44.7 Å². The lowest BCUT2D eigenvalue weighted by atomic mass is 10.2. The van der Waals surface area contributed by atoms with Gasteiger partial charge in [-0.3, -0.25) is 0 Å². The van der Waals surface area contributed by atoms with E-state index in [-0.39, 0.29) is 6.10 Å². The van der Waals surface area contributed by atoms with Gasteiger partial charge in [0.15, 0.2) is 0 Å². The molecule has 3 heteroatoms. The molecule has 0 atom stereocenters. The maximum Gasteiger partial charge on any atom is 0.146 e. The molecule has 2 rings (SSSR count). The highest BCUT2D eigenvalue weighted by atomic mass is 16.5. The molecule has 0 bridgehead atoms. The summed E-state index contributed by atoms with van der Waals surface area (Å²) in [4.78, 5) is 0. The SMILES string of the molecule is CC(C)Oc1cccc(OCC2CC2)c1N. The van der Waals surface area contributed by atoms with Crippen molar-refractivity contribution in [1.29, 1.82) is 0 Å². The molecule has 1 fully saturated rings. The molecule has 1 aliphatic carbocycles. The minimum atomic E-state index is 0.126. The van der Waals surface area contributed by atoms with E-state index in [1.54, 1.807) is 0 Å². The first-order chi connectivity index (χ1) is 7.66. The van der Waals surface area contributed by atoms with E-state index in [4.69, 9.17) is 15.2 Å². The van der Waals surface area contributed by atoms with Gasteiger partial charge >= 0.3 is 0 Å². The molecule has 88 valence electrons. The molecule has 0 saturated heterocycles. The third-order valence-corrected chi connectivity index (χ3v) is 2.56. The lowest BCUT2D eigenvalue weighted by Crippen LogP contribution is -2.09. The molecular weight excluding hydrogens is 202 g/mol. The summed E-state index contributed by atoms with van der Waals surface area (Å²) < 4.78 is 11.3. The van der Waals surface area contributed by atoms with E-state index < -0.39 is 0 Å². The van der Waals surface area contributed by atoms with Gasteiger partial charge in [-0.2, -0.15) is 0 Å². The van der Waals surface area contributed by atoms with Crippen LogP contribution in [-0.2, 0) is 0 Å². The van der Waals surface area contributed by atoms with Gasteiger partial charge in [0.05, 0.1) is 12.7 Å². The predicted octanol–water partition coefficient (Wildman–Crippen LogP) is 2.84. The molecular formula is C13H19NO2. The van der Waals surface area contributed by atoms with Crippen LogP contribution in [-0.4, -0.2) is 12.7 Å². The van der Waals surface area contributed by atoms with Crippen LogP contribution in [0.15, 0.2) is 18.2 Å². The molecule has 16 heavy (non-hydrogen) atoms. The van der Waals surface area contributed by atoms with Crippen molar-refractivity contribution in [3.63, 3.8) is 0 Å². The van der Waals surface area contributed by atoms with E-state index in [9.17, 15) is 0 Å². The Labute approximate surface area is 96.5 Å². The van der Waals surface area contributed by atoms with Crippen molar-refractivity contribution in [3.05, 3.63) is 18.2 Å². The first-order valence-corrected chi connectivity index (χ1v) is 5.84. The quantitative estimate of drug-likeness (QED) is 0.777. The minimum absolute atomic E-state index is 0.126. The summed E-state index contributed by atoms with van der Waals surface area (Å²) in [6, 6.07) is 5.68. The third kappa shape index (κ3) is 2.81. The standard InChI is InChI=1S/C13H19NO2/c1-9(2)16-12-5-3-4-11(13(12)14)15-8-10-6-7-10/h3-5,9-10H,6-8,14H2,1-2H3. The molecule has 0 aliphatic heterocycles. The third-order valence-electron chi connectivity index (χ3n) is 2.56. The summed E-state index contributed by atoms with van der Waals surface area (Å²) in [6.07, 6.45) is 2.69. The van der Waals surface area contributed by atoms with Crippen LogP contribution >= 0.6 is 0 Å². The van der Waals surface area contributed by atoms with Gasteiger partial charge in [-0.1, -0.05) is 6.07 Å². The van der Waals surface area contributed by atoms with Crippen LogP contribution in [0.25, 0.3) is 0 Å². The average Bonchev–Trinajstić information content (AvgIpc) is 3.02. The Hall–Kier alpha value is -1.38. The Balaban J connectivity index is 2.05. The highest BCUT2D eigenvalue weighted by Crippen LogP contribution is 2.34. The van der Waals surface area contributed by atoms with Crippen LogP contribution in [0.3, 0.4) is 0 Å². The Morgan fingerprint density at radius 3 is 2.62 bits per heavy atom. The van der Waals surface area contributed by atoms with Gasteiger partial charge < -0.3 is 15.2 Å². The maximum atomic E-state index is 5.99. The van der Waals surface area contributed by atoms with Crippen LogP contribution in [0.5, 0.6) is 11.5 Å². The summed E-state index contributed by atoms with van der Waals surface area (Å²) in [5.41, 5.74) is 6.60. The van der Waals surface area contributed by atoms with Gasteiger partial charge in [-0.25, -0.2) is 0 Å². The summed E-state index contributed by atoms with van der Waals surface area (Å²) in [7, 11) is 0. The van der Waals surface area contributed by atoms with Crippen molar-refractivity contribution in [2.24, 2.45) is 5.92 Å². The Morgan fingerprint density at radius 1 is 1.31 bits per heavy atom. The predicted molar refractivity (Wildman–Crippen MR) is 64.8 cm³/mol. The van der Waals surface area contributed by atoms with Gasteiger partial charge in [0.25, 0.3) is 0 Å². The van der Waals surface area contributed by atoms with Crippen LogP contribution in [0.2, 0.25) is 0 Å². The van der Waals surface area contributed by atoms with Gasteiger partial charge in [0.1, 0.15) is 17.2 Å². The maximum absolute atomic E-state index is 5.99. The zero-order chi connectivity index (χ0) is 11.5. The van der Waals surface area contributed by atoms with E-state index in [1.165, 1.54) is 12.8 Å². The number of rotatable bonds is 5. The molecule has 1 aromatic carbocycles. The molecule has 0 heterocycles. The molecule has 1 aliphatic rings. The molecule has 0 radical (unpaired) electrons. The lowest BCUT2D eigenvalue weighted by Gasteiger charge is -2.15. The molecule has 0 aromatic heterocycles. The molecule has 1 saturated carbocycles. The fraction of sp³-hybridized carbons (Fsp3) is 0.538. The zero-order valence-corrected chi connectivity index (χ0v) is 9.90. The summed E-state index contributed by atoms with van der Waals surface area (Å²) in [6.45, 7) is 4.74. The monoisotopic (exact) mass is 221 g/mol. The Morgan fingerprint density at radius 2 is 2.00 bits per heavy atom. The molecule has 1 aromatic rings. The highest BCUT2D eigenvalue weighted by molar-refractivity contribution is 5.62. The first-order valence-electron chi connectivity index (χ1n) is 5.84. The van der Waals surface area contributed by atoms with Crippen LogP contribution in [0.4, 0.5) is 5.69 Å². The molecule has 3 nitrogen and oxygen atoms in total. The summed E-state index contributed by atoms with van der Waals surface area (Å²) >= 11 is 0. The second-order valence-electron chi connectivity index (χ2n) is 4.59. The zero-order valence-electron chi connectivity index (χ0n) is 9.90. The largest absolute Gasteiger partial charge is 0.491 e. The van der Waals surface area contributed by atoms with E-state index in [0.717, 1.165) is 18.3 Å². The molecule has 2 N–H and O–H groups in total. The van der Waals surface area contributed by atoms with Crippen molar-refractivity contribution in [2.75, 3.05) is 12.3 Å². The Kier molecular flexibility index (Phi) is 3.22. The smallest absolute Gasteiger partial charge is 0.146 e. The summed E-state index contributed by atoms with van der Waals surface area (Å²) in [5.74, 6) is 2.18.